The van der Waals surface area contributed by atoms with Gasteiger partial charge in [0.25, 0.3) is 0 Å². The van der Waals surface area contributed by atoms with Crippen molar-refractivity contribution in [3.63, 3.8) is 0 Å². The molecule has 0 spiro atoms. The van der Waals surface area contributed by atoms with Crippen molar-refractivity contribution in [1.29, 1.82) is 0 Å². The maximum absolute atomic E-state index is 5.64. The van der Waals surface area contributed by atoms with Crippen molar-refractivity contribution in [1.82, 2.24) is 5.32 Å². The molecule has 0 radical (unpaired) electrons. The molecule has 0 aromatic rings. The van der Waals surface area contributed by atoms with Crippen molar-refractivity contribution in [3.05, 3.63) is 0 Å². The summed E-state index contributed by atoms with van der Waals surface area (Å²) in [6.07, 6.45) is 0. The summed E-state index contributed by atoms with van der Waals surface area (Å²) < 4.78 is 5.07. The van der Waals surface area contributed by atoms with Gasteiger partial charge in [0.1, 0.15) is 0 Å². The van der Waals surface area contributed by atoms with E-state index in [2.05, 4.69) is 24.2 Å². The molecule has 13 heavy (non-hydrogen) atoms. The lowest BCUT2D eigenvalue weighted by Crippen LogP contribution is -2.45. The number of nitrogens with one attached hydrogen (secondary N) is 1. The quantitative estimate of drug-likeness (QED) is 0.489. The standard InChI is InChI=1S/C9H21N3O/c1-5-11-9(10)12-8(6-13-4)7(2)3/h7-8H,5-6H2,1-4H3,(H3,10,11,12). The molecule has 0 amide bonds. The Morgan fingerprint density at radius 1 is 1.54 bits per heavy atom. The summed E-state index contributed by atoms with van der Waals surface area (Å²) >= 11 is 0. The molecule has 0 rings (SSSR count). The van der Waals surface area contributed by atoms with Crippen LogP contribution in [0.5, 0.6) is 0 Å². The van der Waals surface area contributed by atoms with E-state index in [0.29, 0.717) is 25.0 Å². The number of methoxy groups -OCH3 is 1. The van der Waals surface area contributed by atoms with Crippen molar-refractivity contribution >= 4 is 5.96 Å². The van der Waals surface area contributed by atoms with Crippen LogP contribution in [0.3, 0.4) is 0 Å². The van der Waals surface area contributed by atoms with Gasteiger partial charge in [-0.3, -0.25) is 4.99 Å². The van der Waals surface area contributed by atoms with Gasteiger partial charge in [0.05, 0.1) is 12.6 Å². The van der Waals surface area contributed by atoms with Crippen LogP contribution in [0.15, 0.2) is 4.99 Å². The highest BCUT2D eigenvalue weighted by Gasteiger charge is 2.12. The lowest BCUT2D eigenvalue weighted by molar-refractivity contribution is 0.156. The van der Waals surface area contributed by atoms with Gasteiger partial charge in [-0.2, -0.15) is 0 Å². The molecule has 0 aliphatic carbocycles. The molecule has 0 saturated heterocycles. The van der Waals surface area contributed by atoms with Gasteiger partial charge < -0.3 is 15.8 Å². The molecule has 0 saturated carbocycles. The number of rotatable bonds is 5. The molecule has 0 bridgehead atoms. The van der Waals surface area contributed by atoms with Gasteiger partial charge in [-0.1, -0.05) is 13.8 Å². The van der Waals surface area contributed by atoms with Gasteiger partial charge in [0, 0.05) is 13.7 Å². The van der Waals surface area contributed by atoms with Gasteiger partial charge in [-0.05, 0) is 12.8 Å². The zero-order valence-electron chi connectivity index (χ0n) is 9.00. The zero-order chi connectivity index (χ0) is 10.3. The lowest BCUT2D eigenvalue weighted by Gasteiger charge is -2.21. The summed E-state index contributed by atoms with van der Waals surface area (Å²) in [5.41, 5.74) is 5.64. The first-order valence-electron chi connectivity index (χ1n) is 4.67. The third-order valence-corrected chi connectivity index (χ3v) is 1.81. The van der Waals surface area contributed by atoms with Gasteiger partial charge in [0.2, 0.25) is 0 Å². The second-order valence-corrected chi connectivity index (χ2v) is 3.31. The Hall–Kier alpha value is -0.770. The van der Waals surface area contributed by atoms with Crippen molar-refractivity contribution in [2.24, 2.45) is 16.6 Å². The van der Waals surface area contributed by atoms with Crippen LogP contribution in [-0.2, 0) is 4.74 Å². The Balaban J connectivity index is 4.01. The maximum atomic E-state index is 5.64. The largest absolute Gasteiger partial charge is 0.383 e. The molecular weight excluding hydrogens is 166 g/mol. The highest BCUT2D eigenvalue weighted by molar-refractivity contribution is 5.78. The van der Waals surface area contributed by atoms with Gasteiger partial charge in [0.15, 0.2) is 5.96 Å². The number of aliphatic imine (C=N–C) groups is 1. The minimum Gasteiger partial charge on any atom is -0.383 e. The van der Waals surface area contributed by atoms with Gasteiger partial charge in [-0.15, -0.1) is 0 Å². The average molecular weight is 187 g/mol. The SMILES string of the molecule is CCN=C(N)NC(COC)C(C)C. The van der Waals surface area contributed by atoms with Gasteiger partial charge in [-0.25, -0.2) is 0 Å². The third-order valence-electron chi connectivity index (χ3n) is 1.81. The summed E-state index contributed by atoms with van der Waals surface area (Å²) in [5.74, 6) is 0.976. The first kappa shape index (κ1) is 12.2. The zero-order valence-corrected chi connectivity index (χ0v) is 9.00. The van der Waals surface area contributed by atoms with Crippen LogP contribution in [0.1, 0.15) is 20.8 Å². The van der Waals surface area contributed by atoms with Crippen molar-refractivity contribution in [3.8, 4) is 0 Å². The third kappa shape index (κ3) is 5.47. The monoisotopic (exact) mass is 187 g/mol. The second kappa shape index (κ2) is 6.71. The van der Waals surface area contributed by atoms with E-state index in [1.165, 1.54) is 0 Å². The van der Waals surface area contributed by atoms with Crippen molar-refractivity contribution in [2.45, 2.75) is 26.8 Å². The summed E-state index contributed by atoms with van der Waals surface area (Å²) in [6.45, 7) is 7.55. The fourth-order valence-electron chi connectivity index (χ4n) is 0.986. The molecule has 78 valence electrons. The van der Waals surface area contributed by atoms with Crippen LogP contribution in [-0.4, -0.2) is 32.3 Å². The molecule has 0 aliphatic heterocycles. The Bertz CT molecular complexity index is 157. The highest BCUT2D eigenvalue weighted by Crippen LogP contribution is 2.00. The Morgan fingerprint density at radius 3 is 2.54 bits per heavy atom. The van der Waals surface area contributed by atoms with E-state index in [-0.39, 0.29) is 6.04 Å². The Kier molecular flexibility index (Phi) is 6.32. The molecule has 4 heteroatoms. The maximum Gasteiger partial charge on any atom is 0.188 e. The van der Waals surface area contributed by atoms with Crippen LogP contribution in [0.2, 0.25) is 0 Å². The molecule has 1 atom stereocenters. The Labute approximate surface area is 80.6 Å². The predicted octanol–water partition coefficient (Wildman–Crippen LogP) is 0.582. The Morgan fingerprint density at radius 2 is 2.15 bits per heavy atom. The molecule has 0 heterocycles. The predicted molar refractivity (Wildman–Crippen MR) is 55.8 cm³/mol. The highest BCUT2D eigenvalue weighted by atomic mass is 16.5. The van der Waals surface area contributed by atoms with E-state index in [9.17, 15) is 0 Å². The van der Waals surface area contributed by atoms with Crippen molar-refractivity contribution < 1.29 is 4.74 Å². The second-order valence-electron chi connectivity index (χ2n) is 3.31. The first-order chi connectivity index (χ1) is 6.11. The number of hydrogen-bond donors (Lipinski definition) is 2. The minimum atomic E-state index is 0.236. The molecule has 4 nitrogen and oxygen atoms in total. The number of nitrogens with zero attached hydrogens (tertiary/aromatic N) is 1. The van der Waals surface area contributed by atoms with Crippen LogP contribution in [0, 0.1) is 5.92 Å². The summed E-state index contributed by atoms with van der Waals surface area (Å²) in [5, 5.41) is 3.12. The van der Waals surface area contributed by atoms with E-state index in [0.717, 1.165) is 0 Å². The van der Waals surface area contributed by atoms with Gasteiger partial charge >= 0.3 is 0 Å². The summed E-state index contributed by atoms with van der Waals surface area (Å²) in [7, 11) is 1.68. The normalized spacial score (nSPS) is 14.7. The number of hydrogen-bond acceptors (Lipinski definition) is 2. The summed E-state index contributed by atoms with van der Waals surface area (Å²) in [6, 6.07) is 0.236. The van der Waals surface area contributed by atoms with E-state index < -0.39 is 0 Å². The summed E-state index contributed by atoms with van der Waals surface area (Å²) in [4.78, 5) is 4.06. The minimum absolute atomic E-state index is 0.236. The molecular formula is C9H21N3O. The molecule has 3 N–H and O–H groups in total. The topological polar surface area (TPSA) is 59.6 Å². The number of nitrogens with two attached hydrogens (primary N) is 1. The molecule has 0 fully saturated rings. The van der Waals surface area contributed by atoms with E-state index in [4.69, 9.17) is 10.5 Å². The fraction of sp³-hybridized carbons (Fsp3) is 0.889. The van der Waals surface area contributed by atoms with Crippen LogP contribution >= 0.6 is 0 Å². The molecule has 0 aromatic heterocycles. The van der Waals surface area contributed by atoms with Crippen LogP contribution in [0.4, 0.5) is 0 Å². The molecule has 1 unspecified atom stereocenters. The average Bonchev–Trinajstić information content (AvgIpc) is 2.04. The number of ether oxygens (including phenoxy) is 1. The van der Waals surface area contributed by atoms with Crippen LogP contribution in [0.25, 0.3) is 0 Å². The van der Waals surface area contributed by atoms with E-state index >= 15 is 0 Å². The van der Waals surface area contributed by atoms with Crippen LogP contribution < -0.4 is 11.1 Å². The first-order valence-corrected chi connectivity index (χ1v) is 4.67. The molecule has 0 aliphatic rings. The van der Waals surface area contributed by atoms with E-state index in [1.54, 1.807) is 7.11 Å². The molecule has 0 aromatic carbocycles. The lowest BCUT2D eigenvalue weighted by atomic mass is 10.1. The number of guanidine groups is 1. The van der Waals surface area contributed by atoms with E-state index in [1.807, 2.05) is 6.92 Å². The fourth-order valence-corrected chi connectivity index (χ4v) is 0.986. The smallest absolute Gasteiger partial charge is 0.188 e. The van der Waals surface area contributed by atoms with Crippen molar-refractivity contribution in [2.75, 3.05) is 20.3 Å².